The third-order valence-corrected chi connectivity index (χ3v) is 3.67. The molecule has 0 saturated heterocycles. The number of rotatable bonds is 5. The molecule has 0 unspecified atom stereocenters. The van der Waals surface area contributed by atoms with Gasteiger partial charge in [-0.2, -0.15) is 0 Å². The zero-order valence-electron chi connectivity index (χ0n) is 9.60. The summed E-state index contributed by atoms with van der Waals surface area (Å²) in [5, 5.41) is 0. The van der Waals surface area contributed by atoms with E-state index in [9.17, 15) is 8.42 Å². The van der Waals surface area contributed by atoms with Gasteiger partial charge in [0.25, 0.3) is 0 Å². The zero-order chi connectivity index (χ0) is 12.2. The Balaban J connectivity index is 2.72. The predicted molar refractivity (Wildman–Crippen MR) is 66.6 cm³/mol. The van der Waals surface area contributed by atoms with Gasteiger partial charge >= 0.3 is 0 Å². The molecule has 0 aromatic heterocycles. The van der Waals surface area contributed by atoms with Crippen LogP contribution in [0.1, 0.15) is 19.4 Å². The van der Waals surface area contributed by atoms with Crippen LogP contribution in [0.4, 0.5) is 5.69 Å². The van der Waals surface area contributed by atoms with Crippen LogP contribution in [0, 0.1) is 5.92 Å². The molecule has 0 aliphatic carbocycles. The Kier molecular flexibility index (Phi) is 4.32. The summed E-state index contributed by atoms with van der Waals surface area (Å²) >= 11 is 0. The van der Waals surface area contributed by atoms with Crippen molar-refractivity contribution in [3.63, 3.8) is 0 Å². The van der Waals surface area contributed by atoms with E-state index in [1.54, 1.807) is 12.1 Å². The smallest absolute Gasteiger partial charge is 0.232 e. The standard InChI is InChI=1S/C11H18N2O2S/c1-9(2)8-16(14,15)13-11-5-3-10(7-12)4-6-11/h3-6,9,13H,7-8,12H2,1-2H3. The second-order valence-electron chi connectivity index (χ2n) is 4.18. The molecule has 0 aliphatic rings. The molecule has 1 rings (SSSR count). The number of nitrogens with one attached hydrogen (secondary N) is 1. The Morgan fingerprint density at radius 1 is 1.25 bits per heavy atom. The van der Waals surface area contributed by atoms with Gasteiger partial charge in [-0.25, -0.2) is 8.42 Å². The molecule has 4 nitrogen and oxygen atoms in total. The molecule has 0 fully saturated rings. The Hall–Kier alpha value is -1.07. The largest absolute Gasteiger partial charge is 0.326 e. The maximum atomic E-state index is 11.6. The van der Waals surface area contributed by atoms with Gasteiger partial charge in [-0.05, 0) is 23.6 Å². The van der Waals surface area contributed by atoms with Crippen molar-refractivity contribution >= 4 is 15.7 Å². The average molecular weight is 242 g/mol. The van der Waals surface area contributed by atoms with Crippen molar-refractivity contribution in [1.29, 1.82) is 0 Å². The second-order valence-corrected chi connectivity index (χ2v) is 5.95. The molecule has 3 N–H and O–H groups in total. The van der Waals surface area contributed by atoms with E-state index in [0.29, 0.717) is 12.2 Å². The molecule has 90 valence electrons. The summed E-state index contributed by atoms with van der Waals surface area (Å²) in [5.41, 5.74) is 7.01. The topological polar surface area (TPSA) is 72.2 Å². The van der Waals surface area contributed by atoms with Crippen molar-refractivity contribution in [3.05, 3.63) is 29.8 Å². The van der Waals surface area contributed by atoms with Gasteiger partial charge in [-0.3, -0.25) is 4.72 Å². The van der Waals surface area contributed by atoms with E-state index >= 15 is 0 Å². The molecule has 0 atom stereocenters. The van der Waals surface area contributed by atoms with E-state index in [-0.39, 0.29) is 11.7 Å². The van der Waals surface area contributed by atoms with Crippen LogP contribution in [0.3, 0.4) is 0 Å². The van der Waals surface area contributed by atoms with E-state index in [1.807, 2.05) is 26.0 Å². The maximum absolute atomic E-state index is 11.6. The van der Waals surface area contributed by atoms with E-state index < -0.39 is 10.0 Å². The first-order valence-corrected chi connectivity index (χ1v) is 6.87. The first kappa shape index (κ1) is 13.0. The van der Waals surface area contributed by atoms with Crippen LogP contribution >= 0.6 is 0 Å². The number of nitrogens with two attached hydrogens (primary N) is 1. The lowest BCUT2D eigenvalue weighted by Gasteiger charge is -2.10. The second kappa shape index (κ2) is 5.32. The van der Waals surface area contributed by atoms with Crippen LogP contribution in [-0.2, 0) is 16.6 Å². The molecular formula is C11H18N2O2S. The van der Waals surface area contributed by atoms with E-state index in [2.05, 4.69) is 4.72 Å². The summed E-state index contributed by atoms with van der Waals surface area (Å²) < 4.78 is 25.8. The van der Waals surface area contributed by atoms with Crippen LogP contribution in [0.2, 0.25) is 0 Å². The number of anilines is 1. The van der Waals surface area contributed by atoms with Gasteiger partial charge in [-0.1, -0.05) is 26.0 Å². The van der Waals surface area contributed by atoms with Crippen molar-refractivity contribution in [2.75, 3.05) is 10.5 Å². The Morgan fingerprint density at radius 2 is 1.81 bits per heavy atom. The highest BCUT2D eigenvalue weighted by atomic mass is 32.2. The molecule has 0 heterocycles. The SMILES string of the molecule is CC(C)CS(=O)(=O)Nc1ccc(CN)cc1. The number of benzene rings is 1. The third-order valence-electron chi connectivity index (χ3n) is 2.02. The van der Waals surface area contributed by atoms with Gasteiger partial charge in [0.05, 0.1) is 5.75 Å². The highest BCUT2D eigenvalue weighted by molar-refractivity contribution is 7.92. The van der Waals surface area contributed by atoms with Crippen molar-refractivity contribution in [1.82, 2.24) is 0 Å². The molecule has 0 spiro atoms. The molecule has 0 aliphatic heterocycles. The lowest BCUT2D eigenvalue weighted by Crippen LogP contribution is -2.20. The summed E-state index contributed by atoms with van der Waals surface area (Å²) in [5.74, 6) is 0.242. The fourth-order valence-electron chi connectivity index (χ4n) is 1.37. The van der Waals surface area contributed by atoms with E-state index in [1.165, 1.54) is 0 Å². The lowest BCUT2D eigenvalue weighted by atomic mass is 10.2. The molecular weight excluding hydrogens is 224 g/mol. The maximum Gasteiger partial charge on any atom is 0.232 e. The zero-order valence-corrected chi connectivity index (χ0v) is 10.4. The Labute approximate surface area is 96.9 Å². The molecule has 1 aromatic rings. The van der Waals surface area contributed by atoms with Crippen molar-refractivity contribution < 1.29 is 8.42 Å². The minimum atomic E-state index is -3.23. The minimum Gasteiger partial charge on any atom is -0.326 e. The average Bonchev–Trinajstić information content (AvgIpc) is 2.16. The minimum absolute atomic E-state index is 0.112. The normalized spacial score (nSPS) is 11.8. The van der Waals surface area contributed by atoms with Gasteiger partial charge in [0.15, 0.2) is 0 Å². The van der Waals surface area contributed by atoms with Crippen molar-refractivity contribution in [3.8, 4) is 0 Å². The Morgan fingerprint density at radius 3 is 2.25 bits per heavy atom. The van der Waals surface area contributed by atoms with Gasteiger partial charge in [0, 0.05) is 12.2 Å². The summed E-state index contributed by atoms with van der Waals surface area (Å²) in [4.78, 5) is 0. The van der Waals surface area contributed by atoms with Crippen molar-refractivity contribution in [2.45, 2.75) is 20.4 Å². The third kappa shape index (κ3) is 4.20. The molecule has 0 radical (unpaired) electrons. The molecule has 0 saturated carbocycles. The van der Waals surface area contributed by atoms with Gasteiger partial charge < -0.3 is 5.73 Å². The monoisotopic (exact) mass is 242 g/mol. The molecule has 16 heavy (non-hydrogen) atoms. The van der Waals surface area contributed by atoms with Gasteiger partial charge in [0.2, 0.25) is 10.0 Å². The van der Waals surface area contributed by atoms with Crippen LogP contribution in [-0.4, -0.2) is 14.2 Å². The van der Waals surface area contributed by atoms with Crippen LogP contribution in [0.25, 0.3) is 0 Å². The van der Waals surface area contributed by atoms with Gasteiger partial charge in [0.1, 0.15) is 0 Å². The molecule has 0 bridgehead atoms. The first-order valence-electron chi connectivity index (χ1n) is 5.22. The number of sulfonamides is 1. The van der Waals surface area contributed by atoms with Crippen LogP contribution in [0.15, 0.2) is 24.3 Å². The van der Waals surface area contributed by atoms with Crippen molar-refractivity contribution in [2.24, 2.45) is 11.7 Å². The summed E-state index contributed by atoms with van der Waals surface area (Å²) in [7, 11) is -3.23. The highest BCUT2D eigenvalue weighted by Crippen LogP contribution is 2.12. The van der Waals surface area contributed by atoms with Crippen LogP contribution < -0.4 is 10.5 Å². The Bertz CT molecular complexity index is 424. The predicted octanol–water partition coefficient (Wildman–Crippen LogP) is 1.54. The summed E-state index contributed by atoms with van der Waals surface area (Å²) in [6.45, 7) is 4.20. The van der Waals surface area contributed by atoms with Crippen LogP contribution in [0.5, 0.6) is 0 Å². The fraction of sp³-hybridized carbons (Fsp3) is 0.455. The fourth-order valence-corrected chi connectivity index (χ4v) is 2.83. The number of hydrogen-bond donors (Lipinski definition) is 2. The first-order chi connectivity index (χ1) is 7.43. The van der Waals surface area contributed by atoms with Gasteiger partial charge in [-0.15, -0.1) is 0 Å². The summed E-state index contributed by atoms with van der Waals surface area (Å²) in [6, 6.07) is 7.07. The molecule has 1 aromatic carbocycles. The van der Waals surface area contributed by atoms with E-state index in [0.717, 1.165) is 5.56 Å². The van der Waals surface area contributed by atoms with E-state index in [4.69, 9.17) is 5.73 Å². The summed E-state index contributed by atoms with van der Waals surface area (Å²) in [6.07, 6.45) is 0. The lowest BCUT2D eigenvalue weighted by molar-refractivity contribution is 0.587. The highest BCUT2D eigenvalue weighted by Gasteiger charge is 2.12. The molecule has 5 heteroatoms. The quantitative estimate of drug-likeness (QED) is 0.822. The molecule has 0 amide bonds. The number of hydrogen-bond acceptors (Lipinski definition) is 3.